The number of para-hydroxylation sites is 1. The van der Waals surface area contributed by atoms with E-state index in [4.69, 9.17) is 4.74 Å². The number of ketones is 1. The van der Waals surface area contributed by atoms with E-state index >= 15 is 0 Å². The van der Waals surface area contributed by atoms with Gasteiger partial charge >= 0.3 is 0 Å². The molecule has 0 bridgehead atoms. The van der Waals surface area contributed by atoms with Crippen molar-refractivity contribution in [3.63, 3.8) is 0 Å². The molecule has 1 aromatic heterocycles. The van der Waals surface area contributed by atoms with Gasteiger partial charge in [0.05, 0.1) is 18.0 Å². The summed E-state index contributed by atoms with van der Waals surface area (Å²) in [6.07, 6.45) is 3.69. The zero-order valence-corrected chi connectivity index (χ0v) is 22.4. The Hall–Kier alpha value is -3.62. The van der Waals surface area contributed by atoms with Crippen molar-refractivity contribution in [2.75, 3.05) is 13.2 Å². The Kier molecular flexibility index (Phi) is 7.30. The van der Waals surface area contributed by atoms with Gasteiger partial charge in [-0.3, -0.25) is 19.3 Å². The largest absolute Gasteiger partial charge is 0.491 e. The minimum atomic E-state index is -0.460. The topological polar surface area (TPSA) is 68.6 Å². The Labute approximate surface area is 227 Å². The SMILES string of the molecule is Cc1ccccc1OCCn1cc(/C=C2\SC(=O)N(CC(=O)c3ccccc3)C2=O)c2cc(Br)ccc21. The number of hydrogen-bond donors (Lipinski definition) is 0. The first-order valence-electron chi connectivity index (χ1n) is 11.7. The third kappa shape index (κ3) is 5.40. The minimum Gasteiger partial charge on any atom is -0.491 e. The number of fused-ring (bicyclic) bond motifs is 1. The summed E-state index contributed by atoms with van der Waals surface area (Å²) in [7, 11) is 0. The van der Waals surface area contributed by atoms with Crippen LogP contribution in [0.15, 0.2) is 88.4 Å². The van der Waals surface area contributed by atoms with E-state index in [1.807, 2.05) is 61.7 Å². The molecule has 0 unspecified atom stereocenters. The smallest absolute Gasteiger partial charge is 0.293 e. The summed E-state index contributed by atoms with van der Waals surface area (Å²) in [6.45, 7) is 2.81. The standard InChI is InChI=1S/C29H23BrN2O4S/c1-19-7-5-6-10-26(19)36-14-13-31-17-21(23-16-22(30)11-12-24(23)31)15-27-28(34)32(29(35)37-27)18-25(33)20-8-3-2-4-9-20/h2-12,15-17H,13-14,18H2,1H3/b27-15-. The number of imide groups is 1. The molecule has 0 aliphatic carbocycles. The lowest BCUT2D eigenvalue weighted by atomic mass is 10.1. The highest BCUT2D eigenvalue weighted by atomic mass is 79.9. The normalized spacial score (nSPS) is 14.6. The molecule has 2 heterocycles. The zero-order valence-electron chi connectivity index (χ0n) is 20.0. The van der Waals surface area contributed by atoms with Crippen molar-refractivity contribution < 1.29 is 19.1 Å². The molecule has 37 heavy (non-hydrogen) atoms. The van der Waals surface area contributed by atoms with Gasteiger partial charge in [-0.05, 0) is 54.6 Å². The second-order valence-electron chi connectivity index (χ2n) is 8.61. The van der Waals surface area contributed by atoms with E-state index in [-0.39, 0.29) is 12.3 Å². The highest BCUT2D eigenvalue weighted by Gasteiger charge is 2.36. The Morgan fingerprint density at radius 2 is 1.78 bits per heavy atom. The molecule has 0 spiro atoms. The zero-order chi connectivity index (χ0) is 25.9. The van der Waals surface area contributed by atoms with E-state index in [0.717, 1.165) is 48.9 Å². The molecule has 0 saturated carbocycles. The van der Waals surface area contributed by atoms with Gasteiger partial charge < -0.3 is 9.30 Å². The lowest BCUT2D eigenvalue weighted by Gasteiger charge is -2.11. The van der Waals surface area contributed by atoms with Crippen LogP contribution in [0.3, 0.4) is 0 Å². The third-order valence-electron chi connectivity index (χ3n) is 6.11. The van der Waals surface area contributed by atoms with Crippen molar-refractivity contribution in [2.45, 2.75) is 13.5 Å². The Morgan fingerprint density at radius 1 is 1.03 bits per heavy atom. The predicted molar refractivity (Wildman–Crippen MR) is 150 cm³/mol. The summed E-state index contributed by atoms with van der Waals surface area (Å²) in [5, 5.41) is 0.495. The fourth-order valence-corrected chi connectivity index (χ4v) is 5.40. The number of amides is 2. The van der Waals surface area contributed by atoms with Crippen LogP contribution >= 0.6 is 27.7 Å². The number of nitrogens with zero attached hydrogens (tertiary/aromatic N) is 2. The molecule has 1 aliphatic heterocycles. The van der Waals surface area contributed by atoms with Crippen molar-refractivity contribution in [1.82, 2.24) is 9.47 Å². The van der Waals surface area contributed by atoms with Crippen LogP contribution in [0.5, 0.6) is 5.75 Å². The number of halogens is 1. The van der Waals surface area contributed by atoms with Gasteiger partial charge in [0.1, 0.15) is 12.4 Å². The molecule has 0 N–H and O–H groups in total. The van der Waals surface area contributed by atoms with Crippen molar-refractivity contribution >= 4 is 61.6 Å². The highest BCUT2D eigenvalue weighted by Crippen LogP contribution is 2.35. The van der Waals surface area contributed by atoms with Crippen molar-refractivity contribution in [1.29, 1.82) is 0 Å². The van der Waals surface area contributed by atoms with E-state index in [0.29, 0.717) is 23.6 Å². The summed E-state index contributed by atoms with van der Waals surface area (Å²) in [4.78, 5) is 39.6. The van der Waals surface area contributed by atoms with Crippen LogP contribution < -0.4 is 4.74 Å². The lowest BCUT2D eigenvalue weighted by Crippen LogP contribution is -2.33. The average molecular weight is 575 g/mol. The first kappa shape index (κ1) is 25.0. The van der Waals surface area contributed by atoms with Crippen LogP contribution in [0.2, 0.25) is 0 Å². The number of Topliss-reactive ketones (excluding diaryl/α,β-unsaturated/α-hetero) is 1. The fraction of sp³-hybridized carbons (Fsp3) is 0.138. The van der Waals surface area contributed by atoms with Gasteiger partial charge in [-0.25, -0.2) is 0 Å². The van der Waals surface area contributed by atoms with Gasteiger partial charge in [-0.15, -0.1) is 0 Å². The monoisotopic (exact) mass is 574 g/mol. The molecule has 2 amide bonds. The first-order valence-corrected chi connectivity index (χ1v) is 13.3. The molecule has 6 nitrogen and oxygen atoms in total. The van der Waals surface area contributed by atoms with Crippen LogP contribution in [-0.4, -0.2) is 39.5 Å². The van der Waals surface area contributed by atoms with Crippen LogP contribution in [-0.2, 0) is 11.3 Å². The van der Waals surface area contributed by atoms with E-state index in [1.165, 1.54) is 0 Å². The molecule has 186 valence electrons. The maximum Gasteiger partial charge on any atom is 0.293 e. The molecule has 3 aromatic carbocycles. The van der Waals surface area contributed by atoms with Gasteiger partial charge in [-0.1, -0.05) is 64.5 Å². The molecule has 1 aliphatic rings. The highest BCUT2D eigenvalue weighted by molar-refractivity contribution is 9.10. The van der Waals surface area contributed by atoms with Crippen LogP contribution in [0.25, 0.3) is 17.0 Å². The summed E-state index contributed by atoms with van der Waals surface area (Å²) < 4.78 is 8.97. The van der Waals surface area contributed by atoms with Crippen molar-refractivity contribution in [2.24, 2.45) is 0 Å². The lowest BCUT2D eigenvalue weighted by molar-refractivity contribution is -0.122. The van der Waals surface area contributed by atoms with E-state index in [1.54, 1.807) is 30.3 Å². The molecule has 5 rings (SSSR count). The summed E-state index contributed by atoms with van der Waals surface area (Å²) >= 11 is 4.39. The van der Waals surface area contributed by atoms with E-state index in [2.05, 4.69) is 20.5 Å². The number of rotatable bonds is 8. The quantitative estimate of drug-likeness (QED) is 0.173. The summed E-state index contributed by atoms with van der Waals surface area (Å²) in [5.74, 6) is 0.108. The van der Waals surface area contributed by atoms with E-state index in [9.17, 15) is 14.4 Å². The number of thioether (sulfide) groups is 1. The van der Waals surface area contributed by atoms with Crippen molar-refractivity contribution in [3.05, 3.63) is 105 Å². The maximum absolute atomic E-state index is 13.1. The van der Waals surface area contributed by atoms with E-state index < -0.39 is 11.1 Å². The van der Waals surface area contributed by atoms with Gasteiger partial charge in [0, 0.05) is 32.7 Å². The van der Waals surface area contributed by atoms with Gasteiger partial charge in [0.2, 0.25) is 0 Å². The maximum atomic E-state index is 13.1. The average Bonchev–Trinajstić information content (AvgIpc) is 3.36. The molecule has 1 fully saturated rings. The molecule has 0 radical (unpaired) electrons. The minimum absolute atomic E-state index is 0.279. The molecule has 1 saturated heterocycles. The number of carbonyl (C=O) groups is 3. The van der Waals surface area contributed by atoms with Gasteiger partial charge in [0.25, 0.3) is 11.1 Å². The second kappa shape index (κ2) is 10.8. The van der Waals surface area contributed by atoms with Crippen LogP contribution in [0.1, 0.15) is 21.5 Å². The third-order valence-corrected chi connectivity index (χ3v) is 7.52. The molecule has 8 heteroatoms. The Bertz CT molecular complexity index is 1540. The number of carbonyl (C=O) groups excluding carboxylic acids is 3. The number of aromatic nitrogens is 1. The fourth-order valence-electron chi connectivity index (χ4n) is 4.21. The number of aryl methyl sites for hydroxylation is 1. The Balaban J connectivity index is 1.38. The van der Waals surface area contributed by atoms with Gasteiger partial charge in [0.15, 0.2) is 5.78 Å². The Morgan fingerprint density at radius 3 is 2.57 bits per heavy atom. The second-order valence-corrected chi connectivity index (χ2v) is 10.5. The number of benzene rings is 3. The molecule has 0 atom stereocenters. The van der Waals surface area contributed by atoms with Crippen LogP contribution in [0.4, 0.5) is 4.79 Å². The number of ether oxygens (including phenoxy) is 1. The summed E-state index contributed by atoms with van der Waals surface area (Å²) in [5.41, 5.74) is 3.34. The van der Waals surface area contributed by atoms with Crippen LogP contribution in [0, 0.1) is 6.92 Å². The summed E-state index contributed by atoms with van der Waals surface area (Å²) in [6, 6.07) is 22.5. The first-order chi connectivity index (χ1) is 17.9. The van der Waals surface area contributed by atoms with Gasteiger partial charge in [-0.2, -0.15) is 0 Å². The predicted octanol–water partition coefficient (Wildman–Crippen LogP) is 6.71. The van der Waals surface area contributed by atoms with Crippen molar-refractivity contribution in [3.8, 4) is 5.75 Å². The number of hydrogen-bond acceptors (Lipinski definition) is 5. The molecule has 4 aromatic rings. The molecular weight excluding hydrogens is 552 g/mol. The molecular formula is C29H23BrN2O4S.